The Bertz CT molecular complexity index is 1360. The minimum atomic E-state index is -4.87. The van der Waals surface area contributed by atoms with Crippen molar-refractivity contribution in [3.63, 3.8) is 0 Å². The molecule has 4 aromatic rings. The minimum absolute atomic E-state index is 0.0706. The van der Waals surface area contributed by atoms with Crippen molar-refractivity contribution in [2.75, 3.05) is 13.7 Å². The number of pyridine rings is 2. The van der Waals surface area contributed by atoms with Gasteiger partial charge in [0.25, 0.3) is 0 Å². The molecule has 2 aromatic heterocycles. The molecule has 0 amide bonds. The summed E-state index contributed by atoms with van der Waals surface area (Å²) in [5.41, 5.74) is 0.282. The highest BCUT2D eigenvalue weighted by molar-refractivity contribution is 6.30. The van der Waals surface area contributed by atoms with E-state index in [0.717, 1.165) is 11.6 Å². The third-order valence-electron chi connectivity index (χ3n) is 5.09. The number of hydrogen-bond acceptors (Lipinski definition) is 5. The molecule has 0 radical (unpaired) electrons. The summed E-state index contributed by atoms with van der Waals surface area (Å²) in [6, 6.07) is 16.7. The van der Waals surface area contributed by atoms with Crippen LogP contribution in [0.2, 0.25) is 5.02 Å². The number of esters is 1. The van der Waals surface area contributed by atoms with E-state index < -0.39 is 23.4 Å². The molecule has 0 saturated heterocycles. The van der Waals surface area contributed by atoms with Gasteiger partial charge in [-0.2, -0.15) is 13.2 Å². The molecule has 2 aromatic carbocycles. The largest absolute Gasteiger partial charge is 0.497 e. The van der Waals surface area contributed by atoms with Gasteiger partial charge in [0.05, 0.1) is 25.0 Å². The van der Waals surface area contributed by atoms with Gasteiger partial charge in [-0.3, -0.25) is 0 Å². The van der Waals surface area contributed by atoms with E-state index in [0.29, 0.717) is 27.6 Å². The fourth-order valence-electron chi connectivity index (χ4n) is 3.50. The van der Waals surface area contributed by atoms with Crippen LogP contribution < -0.4 is 4.74 Å². The number of hydrogen-bond donors (Lipinski definition) is 0. The van der Waals surface area contributed by atoms with Crippen LogP contribution in [0.15, 0.2) is 60.7 Å². The van der Waals surface area contributed by atoms with Gasteiger partial charge in [0, 0.05) is 21.5 Å². The number of ether oxygens (including phenoxy) is 2. The first-order chi connectivity index (χ1) is 16.2. The monoisotopic (exact) mass is 486 g/mol. The lowest BCUT2D eigenvalue weighted by atomic mass is 9.97. The summed E-state index contributed by atoms with van der Waals surface area (Å²) in [4.78, 5) is 20.5. The van der Waals surface area contributed by atoms with Gasteiger partial charge >= 0.3 is 12.1 Å². The van der Waals surface area contributed by atoms with Crippen LogP contribution in [0.5, 0.6) is 5.75 Å². The van der Waals surface area contributed by atoms with Crippen molar-refractivity contribution >= 4 is 28.6 Å². The average Bonchev–Trinajstić information content (AvgIpc) is 2.82. The number of methoxy groups -OCH3 is 1. The molecule has 0 aliphatic carbocycles. The maximum Gasteiger partial charge on any atom is 0.434 e. The van der Waals surface area contributed by atoms with Crippen LogP contribution in [-0.4, -0.2) is 29.7 Å². The third-order valence-corrected chi connectivity index (χ3v) is 5.34. The number of carbonyl (C=O) groups is 1. The highest BCUT2D eigenvalue weighted by Gasteiger charge is 2.38. The Morgan fingerprint density at radius 1 is 0.971 bits per heavy atom. The molecule has 0 saturated carbocycles. The van der Waals surface area contributed by atoms with Crippen LogP contribution in [-0.2, 0) is 10.9 Å². The second-order valence-corrected chi connectivity index (χ2v) is 7.71. The number of benzene rings is 2. The van der Waals surface area contributed by atoms with Gasteiger partial charge in [-0.1, -0.05) is 23.7 Å². The van der Waals surface area contributed by atoms with Crippen LogP contribution in [0.3, 0.4) is 0 Å². The average molecular weight is 487 g/mol. The Morgan fingerprint density at radius 2 is 1.62 bits per heavy atom. The normalized spacial score (nSPS) is 11.5. The number of aromatic nitrogens is 2. The summed E-state index contributed by atoms with van der Waals surface area (Å²) in [7, 11) is 1.53. The van der Waals surface area contributed by atoms with E-state index >= 15 is 0 Å². The lowest BCUT2D eigenvalue weighted by Crippen LogP contribution is -2.17. The molecule has 0 aliphatic heterocycles. The zero-order chi connectivity index (χ0) is 24.5. The molecule has 174 valence electrons. The van der Waals surface area contributed by atoms with Gasteiger partial charge in [-0.15, -0.1) is 0 Å². The molecule has 0 atom stereocenters. The van der Waals surface area contributed by atoms with E-state index in [1.54, 1.807) is 54.6 Å². The van der Waals surface area contributed by atoms with Gasteiger partial charge in [-0.05, 0) is 61.0 Å². The van der Waals surface area contributed by atoms with Gasteiger partial charge in [0.1, 0.15) is 5.75 Å². The third kappa shape index (κ3) is 4.68. The molecule has 0 spiro atoms. The lowest BCUT2D eigenvalue weighted by molar-refractivity contribution is -0.141. The van der Waals surface area contributed by atoms with Crippen molar-refractivity contribution in [1.29, 1.82) is 0 Å². The van der Waals surface area contributed by atoms with Crippen molar-refractivity contribution in [3.8, 4) is 28.1 Å². The Hall–Kier alpha value is -3.65. The van der Waals surface area contributed by atoms with Crippen molar-refractivity contribution < 1.29 is 27.4 Å². The second kappa shape index (κ2) is 9.30. The first kappa shape index (κ1) is 23.5. The summed E-state index contributed by atoms with van der Waals surface area (Å²) in [6.45, 7) is 1.44. The maximum absolute atomic E-state index is 13.7. The summed E-state index contributed by atoms with van der Waals surface area (Å²) >= 11 is 6.03. The molecule has 0 fully saturated rings. The van der Waals surface area contributed by atoms with Crippen molar-refractivity contribution in [2.45, 2.75) is 13.1 Å². The number of nitrogens with zero attached hydrogens (tertiary/aromatic N) is 2. The zero-order valence-corrected chi connectivity index (χ0v) is 18.9. The van der Waals surface area contributed by atoms with Gasteiger partial charge in [0.15, 0.2) is 11.3 Å². The van der Waals surface area contributed by atoms with Gasteiger partial charge < -0.3 is 9.47 Å². The van der Waals surface area contributed by atoms with Crippen LogP contribution >= 0.6 is 11.6 Å². The molecule has 2 heterocycles. The molecule has 0 N–H and O–H groups in total. The van der Waals surface area contributed by atoms with Crippen LogP contribution in [0.4, 0.5) is 13.2 Å². The van der Waals surface area contributed by atoms with E-state index in [-0.39, 0.29) is 17.6 Å². The second-order valence-electron chi connectivity index (χ2n) is 7.27. The topological polar surface area (TPSA) is 61.3 Å². The fourth-order valence-corrected chi connectivity index (χ4v) is 3.63. The van der Waals surface area contributed by atoms with Crippen molar-refractivity contribution in [2.24, 2.45) is 0 Å². The van der Waals surface area contributed by atoms with E-state index in [1.807, 2.05) is 0 Å². The number of alkyl halides is 3. The van der Waals surface area contributed by atoms with E-state index in [4.69, 9.17) is 21.1 Å². The first-order valence-electron chi connectivity index (χ1n) is 10.2. The number of carbonyl (C=O) groups excluding carboxylic acids is 1. The molecule has 0 aliphatic rings. The Morgan fingerprint density at radius 3 is 2.21 bits per heavy atom. The van der Waals surface area contributed by atoms with Crippen LogP contribution in [0.1, 0.15) is 23.0 Å². The fraction of sp³-hybridized carbons (Fsp3) is 0.160. The van der Waals surface area contributed by atoms with Crippen LogP contribution in [0, 0.1) is 0 Å². The molecule has 0 unspecified atom stereocenters. The number of halogens is 4. The SMILES string of the molecule is CCOC(=O)c1cc2cc(-c3ccc(Cl)cc3)c(-c3ccc(OC)cc3)nc2nc1C(F)(F)F. The Balaban J connectivity index is 2.01. The quantitative estimate of drug-likeness (QED) is 0.290. The van der Waals surface area contributed by atoms with Gasteiger partial charge in [-0.25, -0.2) is 14.8 Å². The van der Waals surface area contributed by atoms with Crippen LogP contribution in [0.25, 0.3) is 33.4 Å². The number of rotatable bonds is 5. The highest BCUT2D eigenvalue weighted by atomic mass is 35.5. The minimum Gasteiger partial charge on any atom is -0.497 e. The molecule has 0 bridgehead atoms. The molecular weight excluding hydrogens is 469 g/mol. The maximum atomic E-state index is 13.7. The molecule has 4 rings (SSSR count). The summed E-state index contributed by atoms with van der Waals surface area (Å²) < 4.78 is 51.2. The predicted molar refractivity (Wildman–Crippen MR) is 123 cm³/mol. The predicted octanol–water partition coefficient (Wildman–Crippen LogP) is 6.82. The smallest absolute Gasteiger partial charge is 0.434 e. The Labute approximate surface area is 198 Å². The van der Waals surface area contributed by atoms with E-state index in [2.05, 4.69) is 9.97 Å². The van der Waals surface area contributed by atoms with E-state index in [1.165, 1.54) is 14.0 Å². The summed E-state index contributed by atoms with van der Waals surface area (Å²) in [5, 5.41) is 0.794. The number of fused-ring (bicyclic) bond motifs is 1. The standard InChI is InChI=1S/C25H18ClF3N2O3/c1-3-34-24(32)20-13-16-12-19(14-4-8-17(26)9-5-14)21(15-6-10-18(33-2)11-7-15)30-23(16)31-22(20)25(27,28)29/h4-13H,3H2,1-2H3. The molecule has 5 nitrogen and oxygen atoms in total. The van der Waals surface area contributed by atoms with Gasteiger partial charge in [0.2, 0.25) is 0 Å². The summed E-state index contributed by atoms with van der Waals surface area (Å²) in [5.74, 6) is -0.481. The van der Waals surface area contributed by atoms with Crippen molar-refractivity contribution in [1.82, 2.24) is 9.97 Å². The van der Waals surface area contributed by atoms with Crippen molar-refractivity contribution in [3.05, 3.63) is 76.9 Å². The first-order valence-corrected chi connectivity index (χ1v) is 10.6. The Kier molecular flexibility index (Phi) is 6.43. The molecule has 9 heteroatoms. The van der Waals surface area contributed by atoms with E-state index in [9.17, 15) is 18.0 Å². The zero-order valence-electron chi connectivity index (χ0n) is 18.1. The highest BCUT2D eigenvalue weighted by Crippen LogP contribution is 2.37. The summed E-state index contributed by atoms with van der Waals surface area (Å²) in [6.07, 6.45) is -4.87. The molecular formula is C25H18ClF3N2O3. The molecule has 34 heavy (non-hydrogen) atoms. The lowest BCUT2D eigenvalue weighted by Gasteiger charge is -2.15.